The van der Waals surface area contributed by atoms with E-state index in [1.165, 1.54) is 0 Å². The lowest BCUT2D eigenvalue weighted by atomic mass is 10.2. The first-order chi connectivity index (χ1) is 13.5. The Morgan fingerprint density at radius 3 is 1.53 bits per heavy atom. The SMILES string of the molecule is CC(C)(C)OC(=O)COc1cc(C#C[Si](C)(C)C)cc(OCC(=O)OC(C)(C)C)c1. The molecule has 0 saturated carbocycles. The van der Waals surface area contributed by atoms with Crippen molar-refractivity contribution in [1.29, 1.82) is 0 Å². The Kier molecular flexibility index (Phi) is 8.55. The third-order valence-corrected chi connectivity index (χ3v) is 3.89. The highest BCUT2D eigenvalue weighted by Gasteiger charge is 2.18. The Balaban J connectivity index is 2.98. The molecule has 0 unspecified atom stereocenters. The minimum atomic E-state index is -1.59. The highest BCUT2D eigenvalue weighted by Crippen LogP contribution is 2.23. The lowest BCUT2D eigenvalue weighted by molar-refractivity contribution is -0.158. The second-order valence-electron chi connectivity index (χ2n) is 9.94. The molecule has 0 aromatic heterocycles. The molecule has 0 aliphatic carbocycles. The number of carbonyl (C=O) groups excluding carboxylic acids is 2. The summed E-state index contributed by atoms with van der Waals surface area (Å²) in [6.45, 7) is 16.7. The van der Waals surface area contributed by atoms with Gasteiger partial charge in [0, 0.05) is 11.6 Å². The van der Waals surface area contributed by atoms with Gasteiger partial charge < -0.3 is 18.9 Å². The van der Waals surface area contributed by atoms with Crippen LogP contribution in [-0.2, 0) is 19.1 Å². The van der Waals surface area contributed by atoms with Crippen LogP contribution < -0.4 is 9.47 Å². The van der Waals surface area contributed by atoms with E-state index in [0.29, 0.717) is 17.1 Å². The maximum atomic E-state index is 11.9. The van der Waals surface area contributed by atoms with Crippen molar-refractivity contribution in [1.82, 2.24) is 0 Å². The molecule has 30 heavy (non-hydrogen) atoms. The van der Waals surface area contributed by atoms with Crippen LogP contribution in [-0.4, -0.2) is 44.4 Å². The van der Waals surface area contributed by atoms with Gasteiger partial charge in [0.1, 0.15) is 30.8 Å². The van der Waals surface area contributed by atoms with Crippen molar-refractivity contribution in [3.05, 3.63) is 23.8 Å². The van der Waals surface area contributed by atoms with Gasteiger partial charge in [-0.15, -0.1) is 5.54 Å². The van der Waals surface area contributed by atoms with Crippen LogP contribution in [0.5, 0.6) is 11.5 Å². The van der Waals surface area contributed by atoms with Crippen molar-refractivity contribution >= 4 is 20.0 Å². The molecule has 1 aromatic rings. The highest BCUT2D eigenvalue weighted by molar-refractivity contribution is 6.83. The minimum Gasteiger partial charge on any atom is -0.482 e. The smallest absolute Gasteiger partial charge is 0.344 e. The fourth-order valence-corrected chi connectivity index (χ4v) is 2.62. The Morgan fingerprint density at radius 2 is 1.20 bits per heavy atom. The Morgan fingerprint density at radius 1 is 0.800 bits per heavy atom. The van der Waals surface area contributed by atoms with Crippen LogP contribution in [0, 0.1) is 11.5 Å². The van der Waals surface area contributed by atoms with Gasteiger partial charge in [-0.2, -0.15) is 0 Å². The average Bonchev–Trinajstić information content (AvgIpc) is 2.53. The largest absolute Gasteiger partial charge is 0.482 e. The molecule has 6 nitrogen and oxygen atoms in total. The number of rotatable bonds is 6. The average molecular weight is 435 g/mol. The van der Waals surface area contributed by atoms with E-state index in [9.17, 15) is 9.59 Å². The van der Waals surface area contributed by atoms with Crippen molar-refractivity contribution < 1.29 is 28.5 Å². The van der Waals surface area contributed by atoms with E-state index in [2.05, 4.69) is 31.1 Å². The van der Waals surface area contributed by atoms with Gasteiger partial charge in [-0.05, 0) is 53.7 Å². The van der Waals surface area contributed by atoms with E-state index in [4.69, 9.17) is 18.9 Å². The minimum absolute atomic E-state index is 0.242. The molecule has 0 heterocycles. The van der Waals surface area contributed by atoms with Gasteiger partial charge >= 0.3 is 11.9 Å². The van der Waals surface area contributed by atoms with Crippen molar-refractivity contribution in [2.75, 3.05) is 13.2 Å². The molecule has 166 valence electrons. The molecule has 7 heteroatoms. The van der Waals surface area contributed by atoms with Crippen molar-refractivity contribution in [3.63, 3.8) is 0 Å². The zero-order chi connectivity index (χ0) is 23.2. The summed E-state index contributed by atoms with van der Waals surface area (Å²) in [6.07, 6.45) is 0. The van der Waals surface area contributed by atoms with Crippen molar-refractivity contribution in [2.24, 2.45) is 0 Å². The molecule has 0 fully saturated rings. The highest BCUT2D eigenvalue weighted by atomic mass is 28.3. The molecule has 0 aliphatic heterocycles. The number of hydrogen-bond acceptors (Lipinski definition) is 6. The monoisotopic (exact) mass is 434 g/mol. The zero-order valence-electron chi connectivity index (χ0n) is 19.6. The summed E-state index contributed by atoms with van der Waals surface area (Å²) in [6, 6.07) is 5.07. The van der Waals surface area contributed by atoms with E-state index < -0.39 is 31.2 Å². The molecule has 0 N–H and O–H groups in total. The molecule has 1 rings (SSSR count). The fourth-order valence-electron chi connectivity index (χ4n) is 2.10. The summed E-state index contributed by atoms with van der Waals surface area (Å²) in [7, 11) is -1.59. The Bertz CT molecular complexity index is 763. The van der Waals surface area contributed by atoms with Crippen LogP contribution in [0.15, 0.2) is 18.2 Å². The molecule has 1 aromatic carbocycles. The number of esters is 2. The first kappa shape index (κ1) is 25.6. The molecule has 0 saturated heterocycles. The standard InChI is InChI=1S/C23H34O6Si/c1-22(2,3)28-20(24)15-26-18-12-17(10-11-30(7,8)9)13-19(14-18)27-16-21(25)29-23(4,5)6/h12-14H,15-16H2,1-9H3. The van der Waals surface area contributed by atoms with Crippen LogP contribution in [0.25, 0.3) is 0 Å². The summed E-state index contributed by atoms with van der Waals surface area (Å²) >= 11 is 0. The number of benzene rings is 1. The summed E-state index contributed by atoms with van der Waals surface area (Å²) in [5.74, 6) is 3.00. The lowest BCUT2D eigenvalue weighted by Crippen LogP contribution is -2.27. The third-order valence-electron chi connectivity index (χ3n) is 3.02. The maximum absolute atomic E-state index is 11.9. The van der Waals surface area contributed by atoms with E-state index in [1.807, 2.05) is 0 Å². The predicted octanol–water partition coefficient (Wildman–Crippen LogP) is 4.36. The first-order valence-electron chi connectivity index (χ1n) is 9.90. The van der Waals surface area contributed by atoms with Gasteiger partial charge in [0.15, 0.2) is 13.2 Å². The zero-order valence-corrected chi connectivity index (χ0v) is 20.6. The molecule has 0 spiro atoms. The number of carbonyl (C=O) groups is 2. The molecule has 0 aliphatic rings. The number of ether oxygens (including phenoxy) is 4. The van der Waals surface area contributed by atoms with Crippen LogP contribution >= 0.6 is 0 Å². The molecular formula is C23H34O6Si. The van der Waals surface area contributed by atoms with E-state index in [1.54, 1.807) is 59.7 Å². The molecular weight excluding hydrogens is 400 g/mol. The summed E-state index contributed by atoms with van der Waals surface area (Å²) in [4.78, 5) is 23.9. The molecule has 0 bridgehead atoms. The van der Waals surface area contributed by atoms with Gasteiger partial charge in [0.25, 0.3) is 0 Å². The van der Waals surface area contributed by atoms with Crippen LogP contribution in [0.2, 0.25) is 19.6 Å². The summed E-state index contributed by atoms with van der Waals surface area (Å²) in [5, 5.41) is 0. The van der Waals surface area contributed by atoms with Gasteiger partial charge in [-0.3, -0.25) is 0 Å². The van der Waals surface area contributed by atoms with Gasteiger partial charge in [0.05, 0.1) is 0 Å². The topological polar surface area (TPSA) is 71.1 Å². The maximum Gasteiger partial charge on any atom is 0.344 e. The quantitative estimate of drug-likeness (QED) is 0.376. The fraction of sp³-hybridized carbons (Fsp3) is 0.565. The lowest BCUT2D eigenvalue weighted by Gasteiger charge is -2.20. The van der Waals surface area contributed by atoms with Crippen LogP contribution in [0.1, 0.15) is 47.1 Å². The van der Waals surface area contributed by atoms with E-state index >= 15 is 0 Å². The Labute approximate surface area is 181 Å². The summed E-state index contributed by atoms with van der Waals surface area (Å²) in [5.41, 5.74) is 2.78. The predicted molar refractivity (Wildman–Crippen MR) is 119 cm³/mol. The van der Waals surface area contributed by atoms with E-state index in [-0.39, 0.29) is 13.2 Å². The van der Waals surface area contributed by atoms with Gasteiger partial charge in [-0.25, -0.2) is 9.59 Å². The van der Waals surface area contributed by atoms with Crippen LogP contribution in [0.4, 0.5) is 0 Å². The van der Waals surface area contributed by atoms with Crippen LogP contribution in [0.3, 0.4) is 0 Å². The van der Waals surface area contributed by atoms with Gasteiger partial charge in [-0.1, -0.05) is 25.6 Å². The first-order valence-corrected chi connectivity index (χ1v) is 13.4. The molecule has 0 radical (unpaired) electrons. The van der Waals surface area contributed by atoms with E-state index in [0.717, 1.165) is 0 Å². The number of hydrogen-bond donors (Lipinski definition) is 0. The summed E-state index contributed by atoms with van der Waals surface area (Å²) < 4.78 is 21.7. The molecule has 0 atom stereocenters. The second kappa shape index (κ2) is 10.0. The Hall–Kier alpha value is -2.46. The van der Waals surface area contributed by atoms with Crippen molar-refractivity contribution in [2.45, 2.75) is 72.4 Å². The van der Waals surface area contributed by atoms with Gasteiger partial charge in [0.2, 0.25) is 0 Å². The third kappa shape index (κ3) is 12.2. The van der Waals surface area contributed by atoms with Crippen molar-refractivity contribution in [3.8, 4) is 23.0 Å². The second-order valence-corrected chi connectivity index (χ2v) is 14.7. The normalized spacial score (nSPS) is 11.8. The molecule has 0 amide bonds.